The number of carbonyl (C=O) groups excluding carboxylic acids is 1. The van der Waals surface area contributed by atoms with E-state index in [1.54, 1.807) is 13.8 Å². The third-order valence-electron chi connectivity index (χ3n) is 2.14. The summed E-state index contributed by atoms with van der Waals surface area (Å²) in [5.74, 6) is -1.56. The van der Waals surface area contributed by atoms with E-state index in [2.05, 4.69) is 0 Å². The van der Waals surface area contributed by atoms with E-state index in [-0.39, 0.29) is 5.41 Å². The Balaban J connectivity index is 2.89. The van der Waals surface area contributed by atoms with Crippen molar-refractivity contribution in [1.29, 1.82) is 0 Å². The lowest BCUT2D eigenvalue weighted by atomic mass is 9.85. The fraction of sp³-hybridized carbons (Fsp3) is 0.900. The van der Waals surface area contributed by atoms with Crippen LogP contribution in [0.15, 0.2) is 0 Å². The molecule has 0 saturated carbocycles. The van der Waals surface area contributed by atoms with E-state index in [1.165, 1.54) is 0 Å². The summed E-state index contributed by atoms with van der Waals surface area (Å²) in [6.07, 6.45) is -1.72. The first-order valence-corrected chi connectivity index (χ1v) is 4.72. The van der Waals surface area contributed by atoms with Crippen LogP contribution in [0.2, 0.25) is 0 Å². The molecule has 1 saturated heterocycles. The molecule has 1 rings (SSSR count). The van der Waals surface area contributed by atoms with Gasteiger partial charge in [0, 0.05) is 13.8 Å². The van der Waals surface area contributed by atoms with Crippen molar-refractivity contribution in [2.75, 3.05) is 0 Å². The lowest BCUT2D eigenvalue weighted by Crippen LogP contribution is -2.56. The van der Waals surface area contributed by atoms with Crippen molar-refractivity contribution in [3.8, 4) is 0 Å². The van der Waals surface area contributed by atoms with Crippen molar-refractivity contribution in [2.24, 2.45) is 5.41 Å². The minimum absolute atomic E-state index is 0.296. The van der Waals surface area contributed by atoms with Crippen molar-refractivity contribution in [1.82, 2.24) is 0 Å². The standard InChI is InChI=1S/C10H18O4/c1-9(2,3)7-6(11)8(12)14-10(4,5)13-7/h6-7,11H,1-5H3/t6-,7?/m1/s1. The topological polar surface area (TPSA) is 55.8 Å². The molecule has 4 nitrogen and oxygen atoms in total. The molecule has 2 atom stereocenters. The van der Waals surface area contributed by atoms with Crippen LogP contribution in [0, 0.1) is 5.41 Å². The molecule has 1 fully saturated rings. The molecule has 0 amide bonds. The van der Waals surface area contributed by atoms with Gasteiger partial charge in [-0.3, -0.25) is 0 Å². The number of cyclic esters (lactones) is 1. The highest BCUT2D eigenvalue weighted by molar-refractivity contribution is 5.76. The van der Waals surface area contributed by atoms with E-state index in [1.807, 2.05) is 20.8 Å². The summed E-state index contributed by atoms with van der Waals surface area (Å²) in [6, 6.07) is 0. The zero-order valence-corrected chi connectivity index (χ0v) is 9.33. The average molecular weight is 202 g/mol. The number of hydrogen-bond donors (Lipinski definition) is 1. The van der Waals surface area contributed by atoms with Gasteiger partial charge in [-0.05, 0) is 5.41 Å². The summed E-state index contributed by atoms with van der Waals surface area (Å²) >= 11 is 0. The molecule has 14 heavy (non-hydrogen) atoms. The van der Waals surface area contributed by atoms with Crippen molar-refractivity contribution in [2.45, 2.75) is 52.6 Å². The Bertz CT molecular complexity index is 239. The second-order valence-corrected chi connectivity index (χ2v) is 5.17. The Morgan fingerprint density at radius 1 is 1.36 bits per heavy atom. The van der Waals surface area contributed by atoms with Gasteiger partial charge < -0.3 is 14.6 Å². The summed E-state index contributed by atoms with van der Waals surface area (Å²) in [6.45, 7) is 9.06. The molecular formula is C10H18O4. The lowest BCUT2D eigenvalue weighted by Gasteiger charge is -2.43. The largest absolute Gasteiger partial charge is 0.432 e. The first-order chi connectivity index (χ1) is 6.13. The van der Waals surface area contributed by atoms with Gasteiger partial charge in [-0.25, -0.2) is 4.79 Å². The lowest BCUT2D eigenvalue weighted by molar-refractivity contribution is -0.296. The predicted molar refractivity (Wildman–Crippen MR) is 50.5 cm³/mol. The number of rotatable bonds is 0. The van der Waals surface area contributed by atoms with Gasteiger partial charge in [0.1, 0.15) is 6.10 Å². The van der Waals surface area contributed by atoms with Crippen LogP contribution in [0.4, 0.5) is 0 Å². The monoisotopic (exact) mass is 202 g/mol. The molecule has 1 aliphatic rings. The number of ether oxygens (including phenoxy) is 2. The molecule has 1 heterocycles. The SMILES string of the molecule is CC1(C)OC(=O)[C@H](O)C(C(C)(C)C)O1. The third-order valence-corrected chi connectivity index (χ3v) is 2.14. The van der Waals surface area contributed by atoms with Gasteiger partial charge in [0.2, 0.25) is 5.79 Å². The number of aliphatic hydroxyl groups excluding tert-OH is 1. The van der Waals surface area contributed by atoms with Crippen molar-refractivity contribution < 1.29 is 19.4 Å². The highest BCUT2D eigenvalue weighted by atomic mass is 16.7. The number of carbonyl (C=O) groups is 1. The second-order valence-electron chi connectivity index (χ2n) is 5.17. The van der Waals surface area contributed by atoms with E-state index in [9.17, 15) is 9.90 Å². The third kappa shape index (κ3) is 2.25. The number of hydrogen-bond acceptors (Lipinski definition) is 4. The van der Waals surface area contributed by atoms with Crippen molar-refractivity contribution >= 4 is 5.97 Å². The van der Waals surface area contributed by atoms with Crippen molar-refractivity contribution in [3.05, 3.63) is 0 Å². The first kappa shape index (κ1) is 11.5. The van der Waals surface area contributed by atoms with Crippen LogP contribution in [-0.4, -0.2) is 29.1 Å². The highest BCUT2D eigenvalue weighted by Crippen LogP contribution is 2.33. The van der Waals surface area contributed by atoms with Crippen LogP contribution in [0.3, 0.4) is 0 Å². The molecular weight excluding hydrogens is 184 g/mol. The van der Waals surface area contributed by atoms with Crippen LogP contribution in [0.5, 0.6) is 0 Å². The minimum Gasteiger partial charge on any atom is -0.432 e. The normalized spacial score (nSPS) is 32.6. The van der Waals surface area contributed by atoms with Gasteiger partial charge in [-0.15, -0.1) is 0 Å². The quantitative estimate of drug-likeness (QED) is 0.597. The van der Waals surface area contributed by atoms with Gasteiger partial charge in [-0.1, -0.05) is 20.8 Å². The molecule has 0 radical (unpaired) electrons. The summed E-state index contributed by atoms with van der Waals surface area (Å²) in [4.78, 5) is 11.3. The fourth-order valence-corrected chi connectivity index (χ4v) is 1.47. The average Bonchev–Trinajstić information content (AvgIpc) is 1.93. The van der Waals surface area contributed by atoms with E-state index in [4.69, 9.17) is 9.47 Å². The first-order valence-electron chi connectivity index (χ1n) is 4.72. The predicted octanol–water partition coefficient (Wildman–Crippen LogP) is 1.07. The molecule has 0 aromatic heterocycles. The van der Waals surface area contributed by atoms with Gasteiger partial charge in [-0.2, -0.15) is 0 Å². The maximum atomic E-state index is 11.3. The zero-order chi connectivity index (χ0) is 11.1. The Hall–Kier alpha value is -0.610. The van der Waals surface area contributed by atoms with Gasteiger partial charge >= 0.3 is 5.97 Å². The van der Waals surface area contributed by atoms with Crippen LogP contribution < -0.4 is 0 Å². The van der Waals surface area contributed by atoms with Gasteiger partial charge in [0.25, 0.3) is 0 Å². The molecule has 0 bridgehead atoms. The Morgan fingerprint density at radius 3 is 2.29 bits per heavy atom. The molecule has 1 N–H and O–H groups in total. The summed E-state index contributed by atoms with van der Waals surface area (Å²) in [7, 11) is 0. The van der Waals surface area contributed by atoms with Crippen LogP contribution in [-0.2, 0) is 14.3 Å². The number of aliphatic hydroxyl groups is 1. The van der Waals surface area contributed by atoms with E-state index >= 15 is 0 Å². The molecule has 82 valence electrons. The zero-order valence-electron chi connectivity index (χ0n) is 9.33. The Labute approximate surface area is 84.2 Å². The molecule has 1 aliphatic heterocycles. The Morgan fingerprint density at radius 2 is 1.86 bits per heavy atom. The summed E-state index contributed by atoms with van der Waals surface area (Å²) < 4.78 is 10.4. The van der Waals surface area contributed by atoms with Crippen LogP contribution >= 0.6 is 0 Å². The van der Waals surface area contributed by atoms with Gasteiger partial charge in [0.15, 0.2) is 6.10 Å². The highest BCUT2D eigenvalue weighted by Gasteiger charge is 2.47. The maximum absolute atomic E-state index is 11.3. The van der Waals surface area contributed by atoms with Crippen molar-refractivity contribution in [3.63, 3.8) is 0 Å². The second kappa shape index (κ2) is 3.21. The van der Waals surface area contributed by atoms with E-state index in [0.717, 1.165) is 0 Å². The molecule has 0 aromatic carbocycles. The molecule has 0 spiro atoms. The number of esters is 1. The summed E-state index contributed by atoms with van der Waals surface area (Å²) in [5.41, 5.74) is -0.296. The van der Waals surface area contributed by atoms with Gasteiger partial charge in [0.05, 0.1) is 0 Å². The minimum atomic E-state index is -1.19. The van der Waals surface area contributed by atoms with Crippen LogP contribution in [0.25, 0.3) is 0 Å². The smallest absolute Gasteiger partial charge is 0.340 e. The Kier molecular flexibility index (Phi) is 2.63. The fourth-order valence-electron chi connectivity index (χ4n) is 1.47. The molecule has 1 unspecified atom stereocenters. The van der Waals surface area contributed by atoms with E-state index < -0.39 is 24.0 Å². The van der Waals surface area contributed by atoms with E-state index in [0.29, 0.717) is 0 Å². The molecule has 0 aromatic rings. The maximum Gasteiger partial charge on any atom is 0.340 e. The molecule has 4 heteroatoms. The van der Waals surface area contributed by atoms with Crippen LogP contribution in [0.1, 0.15) is 34.6 Å². The molecule has 0 aliphatic carbocycles. The summed E-state index contributed by atoms with van der Waals surface area (Å²) in [5, 5.41) is 9.61.